The average molecular weight is 399 g/mol. The highest BCUT2D eigenvalue weighted by Crippen LogP contribution is 2.39. The first-order valence-corrected chi connectivity index (χ1v) is 9.15. The van der Waals surface area contributed by atoms with Gasteiger partial charge in [0.25, 0.3) is 11.7 Å². The summed E-state index contributed by atoms with van der Waals surface area (Å²) in [7, 11) is 3.07. The van der Waals surface area contributed by atoms with Crippen LogP contribution in [0.1, 0.15) is 23.6 Å². The number of nitrogens with zero attached hydrogens (tertiary/aromatic N) is 1. The summed E-state index contributed by atoms with van der Waals surface area (Å²) in [5.74, 6) is -1.60. The van der Waals surface area contributed by atoms with Crippen molar-refractivity contribution in [2.75, 3.05) is 27.4 Å². The number of likely N-dealkylation sites (tertiary alicyclic amines) is 1. The molecule has 1 N–H and O–H groups in total. The SMILES string of the molecule is COCCCN1C(=O)C(=O)/C(=C(/O)c2ccc(OC)cc2)[C@@H]1c1ccc(F)cc1. The van der Waals surface area contributed by atoms with Gasteiger partial charge in [0.05, 0.1) is 18.7 Å². The molecule has 0 aromatic heterocycles. The molecule has 6 nitrogen and oxygen atoms in total. The number of methoxy groups -OCH3 is 2. The smallest absolute Gasteiger partial charge is 0.295 e. The predicted molar refractivity (Wildman–Crippen MR) is 105 cm³/mol. The van der Waals surface area contributed by atoms with E-state index in [4.69, 9.17) is 9.47 Å². The van der Waals surface area contributed by atoms with Gasteiger partial charge in [0.15, 0.2) is 0 Å². The summed E-state index contributed by atoms with van der Waals surface area (Å²) in [5.41, 5.74) is 0.898. The molecule has 1 fully saturated rings. The number of hydrogen-bond donors (Lipinski definition) is 1. The number of halogens is 1. The number of benzene rings is 2. The zero-order valence-electron chi connectivity index (χ0n) is 16.2. The van der Waals surface area contributed by atoms with Gasteiger partial charge in [-0.1, -0.05) is 12.1 Å². The number of amides is 1. The summed E-state index contributed by atoms with van der Waals surface area (Å²) in [5, 5.41) is 10.9. The summed E-state index contributed by atoms with van der Waals surface area (Å²) in [6.45, 7) is 0.678. The van der Waals surface area contributed by atoms with E-state index in [1.807, 2.05) is 0 Å². The van der Waals surface area contributed by atoms with Crippen LogP contribution in [0.4, 0.5) is 4.39 Å². The van der Waals surface area contributed by atoms with E-state index in [1.54, 1.807) is 31.4 Å². The third-order valence-electron chi connectivity index (χ3n) is 4.84. The normalized spacial score (nSPS) is 18.3. The zero-order chi connectivity index (χ0) is 21.0. The molecule has 1 heterocycles. The summed E-state index contributed by atoms with van der Waals surface area (Å²) in [4.78, 5) is 26.9. The van der Waals surface area contributed by atoms with Crippen molar-refractivity contribution in [3.63, 3.8) is 0 Å². The predicted octanol–water partition coefficient (Wildman–Crippen LogP) is 3.29. The minimum Gasteiger partial charge on any atom is -0.507 e. The minimum absolute atomic E-state index is 0.0239. The highest BCUT2D eigenvalue weighted by atomic mass is 19.1. The van der Waals surface area contributed by atoms with E-state index >= 15 is 0 Å². The van der Waals surface area contributed by atoms with Gasteiger partial charge in [-0.05, 0) is 48.4 Å². The molecular formula is C22H22FNO5. The van der Waals surface area contributed by atoms with Crippen LogP contribution in [0, 0.1) is 5.82 Å². The summed E-state index contributed by atoms with van der Waals surface area (Å²) in [6, 6.07) is 11.2. The molecule has 0 radical (unpaired) electrons. The average Bonchev–Trinajstić information content (AvgIpc) is 2.99. The van der Waals surface area contributed by atoms with Gasteiger partial charge in [0.2, 0.25) is 0 Å². The molecule has 0 aliphatic carbocycles. The van der Waals surface area contributed by atoms with Crippen LogP contribution >= 0.6 is 0 Å². The summed E-state index contributed by atoms with van der Waals surface area (Å²) in [6.07, 6.45) is 0.518. The second kappa shape index (κ2) is 8.87. The third-order valence-corrected chi connectivity index (χ3v) is 4.84. The minimum atomic E-state index is -0.811. The van der Waals surface area contributed by atoms with E-state index in [2.05, 4.69) is 0 Å². The summed E-state index contributed by atoms with van der Waals surface area (Å²) >= 11 is 0. The topological polar surface area (TPSA) is 76.1 Å². The molecule has 3 rings (SSSR count). The first-order chi connectivity index (χ1) is 14.0. The number of hydrogen-bond acceptors (Lipinski definition) is 5. The van der Waals surface area contributed by atoms with Crippen molar-refractivity contribution in [1.82, 2.24) is 4.90 Å². The molecule has 152 valence electrons. The molecule has 1 atom stereocenters. The van der Waals surface area contributed by atoms with Gasteiger partial charge in [-0.3, -0.25) is 9.59 Å². The Morgan fingerprint density at radius 1 is 1.07 bits per heavy atom. The van der Waals surface area contributed by atoms with Gasteiger partial charge in [-0.15, -0.1) is 0 Å². The Hall–Kier alpha value is -3.19. The second-order valence-electron chi connectivity index (χ2n) is 6.62. The highest BCUT2D eigenvalue weighted by molar-refractivity contribution is 6.46. The van der Waals surface area contributed by atoms with E-state index in [-0.39, 0.29) is 17.9 Å². The number of rotatable bonds is 7. The maximum Gasteiger partial charge on any atom is 0.295 e. The van der Waals surface area contributed by atoms with Crippen LogP contribution < -0.4 is 4.74 Å². The molecule has 7 heteroatoms. The lowest BCUT2D eigenvalue weighted by atomic mass is 9.95. The number of Topliss-reactive ketones (excluding diaryl/α,β-unsaturated/α-hetero) is 1. The lowest BCUT2D eigenvalue weighted by Crippen LogP contribution is -2.31. The quantitative estimate of drug-likeness (QED) is 0.335. The van der Waals surface area contributed by atoms with Crippen molar-refractivity contribution in [2.24, 2.45) is 0 Å². The van der Waals surface area contributed by atoms with Gasteiger partial charge >= 0.3 is 0 Å². The second-order valence-corrected chi connectivity index (χ2v) is 6.62. The van der Waals surface area contributed by atoms with Crippen molar-refractivity contribution in [2.45, 2.75) is 12.5 Å². The first-order valence-electron chi connectivity index (χ1n) is 9.15. The van der Waals surface area contributed by atoms with Gasteiger partial charge in [-0.25, -0.2) is 4.39 Å². The fourth-order valence-corrected chi connectivity index (χ4v) is 3.39. The third kappa shape index (κ3) is 4.14. The number of ether oxygens (including phenoxy) is 2. The molecule has 0 spiro atoms. The van der Waals surface area contributed by atoms with Gasteiger partial charge in [0.1, 0.15) is 17.3 Å². The van der Waals surface area contributed by atoms with E-state index in [0.717, 1.165) is 0 Å². The Balaban J connectivity index is 2.09. The monoisotopic (exact) mass is 399 g/mol. The number of carbonyl (C=O) groups is 2. The lowest BCUT2D eigenvalue weighted by Gasteiger charge is -2.25. The number of carbonyl (C=O) groups excluding carboxylic acids is 2. The molecule has 1 saturated heterocycles. The number of aliphatic hydroxyl groups excluding tert-OH is 1. The molecule has 0 saturated carbocycles. The number of ketones is 1. The van der Waals surface area contributed by atoms with Crippen molar-refractivity contribution >= 4 is 17.4 Å². The number of aliphatic hydroxyl groups is 1. The van der Waals surface area contributed by atoms with Crippen LogP contribution in [0.25, 0.3) is 5.76 Å². The van der Waals surface area contributed by atoms with Gasteiger partial charge < -0.3 is 19.5 Å². The molecule has 0 bridgehead atoms. The van der Waals surface area contributed by atoms with Crippen LogP contribution in [0.2, 0.25) is 0 Å². The van der Waals surface area contributed by atoms with Crippen molar-refractivity contribution in [3.05, 3.63) is 71.0 Å². The molecule has 1 aliphatic rings. The van der Waals surface area contributed by atoms with E-state index < -0.39 is 23.5 Å². The van der Waals surface area contributed by atoms with E-state index in [1.165, 1.54) is 36.3 Å². The van der Waals surface area contributed by atoms with Gasteiger partial charge in [0, 0.05) is 25.8 Å². The van der Waals surface area contributed by atoms with Crippen LogP contribution in [0.5, 0.6) is 5.75 Å². The van der Waals surface area contributed by atoms with Crippen molar-refractivity contribution in [3.8, 4) is 5.75 Å². The molecule has 29 heavy (non-hydrogen) atoms. The van der Waals surface area contributed by atoms with Crippen LogP contribution in [-0.2, 0) is 14.3 Å². The molecule has 0 unspecified atom stereocenters. The molecule has 2 aromatic carbocycles. The highest BCUT2D eigenvalue weighted by Gasteiger charge is 2.45. The summed E-state index contributed by atoms with van der Waals surface area (Å²) < 4.78 is 23.6. The van der Waals surface area contributed by atoms with Crippen LogP contribution in [0.15, 0.2) is 54.1 Å². The van der Waals surface area contributed by atoms with E-state index in [9.17, 15) is 19.1 Å². The maximum atomic E-state index is 13.4. The van der Waals surface area contributed by atoms with Crippen molar-refractivity contribution in [1.29, 1.82) is 0 Å². The fraction of sp³-hybridized carbons (Fsp3) is 0.273. The Bertz CT molecular complexity index is 921. The van der Waals surface area contributed by atoms with E-state index in [0.29, 0.717) is 29.9 Å². The van der Waals surface area contributed by atoms with Crippen molar-refractivity contribution < 1.29 is 28.6 Å². The molecule has 1 amide bonds. The fourth-order valence-electron chi connectivity index (χ4n) is 3.39. The Labute approximate surface area is 168 Å². The standard InChI is InChI=1S/C22H22FNO5/c1-28-13-3-12-24-19(14-4-8-16(23)9-5-14)18(21(26)22(24)27)20(25)15-6-10-17(29-2)11-7-15/h4-11,19,25H,3,12-13H2,1-2H3/b20-18+/t19-/m0/s1. The Kier molecular flexibility index (Phi) is 6.29. The maximum absolute atomic E-state index is 13.4. The van der Waals surface area contributed by atoms with Crippen LogP contribution in [-0.4, -0.2) is 49.1 Å². The van der Waals surface area contributed by atoms with Gasteiger partial charge in [-0.2, -0.15) is 0 Å². The van der Waals surface area contributed by atoms with Crippen LogP contribution in [0.3, 0.4) is 0 Å². The molecular weight excluding hydrogens is 377 g/mol. The Morgan fingerprint density at radius 2 is 1.72 bits per heavy atom. The molecule has 2 aromatic rings. The first kappa shape index (κ1) is 20.5. The Morgan fingerprint density at radius 3 is 2.31 bits per heavy atom. The molecule has 1 aliphatic heterocycles. The lowest BCUT2D eigenvalue weighted by molar-refractivity contribution is -0.140. The zero-order valence-corrected chi connectivity index (χ0v) is 16.2. The largest absolute Gasteiger partial charge is 0.507 e.